The lowest BCUT2D eigenvalue weighted by molar-refractivity contribution is -0.142. The highest BCUT2D eigenvalue weighted by atomic mass is 16.5. The number of carbonyl (C=O) groups is 2. The van der Waals surface area contributed by atoms with Gasteiger partial charge in [0.2, 0.25) is 5.91 Å². The van der Waals surface area contributed by atoms with E-state index < -0.39 is 12.0 Å². The van der Waals surface area contributed by atoms with Crippen molar-refractivity contribution in [3.05, 3.63) is 0 Å². The van der Waals surface area contributed by atoms with Crippen LogP contribution in [0.4, 0.5) is 0 Å². The summed E-state index contributed by atoms with van der Waals surface area (Å²) >= 11 is 0. The fraction of sp³-hybridized carbons (Fsp3) is 0.833. The van der Waals surface area contributed by atoms with Gasteiger partial charge in [0.15, 0.2) is 0 Å². The first kappa shape index (κ1) is 16.9. The van der Waals surface area contributed by atoms with Crippen molar-refractivity contribution in [1.29, 1.82) is 0 Å². The molecule has 4 N–H and O–H groups in total. The minimum Gasteiger partial charge on any atom is -0.480 e. The lowest BCUT2D eigenvalue weighted by atomic mass is 10.0. The molecule has 106 valence electrons. The molecule has 0 heterocycles. The summed E-state index contributed by atoms with van der Waals surface area (Å²) in [5.41, 5.74) is 5.46. The van der Waals surface area contributed by atoms with Gasteiger partial charge in [-0.2, -0.15) is 0 Å². The molecule has 18 heavy (non-hydrogen) atoms. The van der Waals surface area contributed by atoms with E-state index in [0.717, 1.165) is 0 Å². The molecule has 1 unspecified atom stereocenters. The van der Waals surface area contributed by atoms with E-state index in [0.29, 0.717) is 13.0 Å². The van der Waals surface area contributed by atoms with Crippen molar-refractivity contribution in [2.75, 3.05) is 13.2 Å². The molecular formula is C12H24N2O4. The fourth-order valence-electron chi connectivity index (χ4n) is 1.60. The van der Waals surface area contributed by atoms with Crippen LogP contribution in [0.5, 0.6) is 0 Å². The van der Waals surface area contributed by atoms with Crippen LogP contribution in [0.2, 0.25) is 0 Å². The zero-order valence-electron chi connectivity index (χ0n) is 11.3. The molecule has 0 aliphatic heterocycles. The van der Waals surface area contributed by atoms with Crippen LogP contribution < -0.4 is 11.1 Å². The normalized spacial score (nSPS) is 14.3. The first-order valence-electron chi connectivity index (χ1n) is 6.24. The van der Waals surface area contributed by atoms with Crippen molar-refractivity contribution in [3.8, 4) is 0 Å². The number of carboxylic acid groups (broad SMARTS) is 1. The summed E-state index contributed by atoms with van der Waals surface area (Å²) in [6, 6.07) is -0.849. The van der Waals surface area contributed by atoms with Crippen molar-refractivity contribution >= 4 is 11.9 Å². The number of nitrogens with two attached hydrogens (primary N) is 1. The Balaban J connectivity index is 4.28. The van der Waals surface area contributed by atoms with Gasteiger partial charge in [0.1, 0.15) is 6.04 Å². The van der Waals surface area contributed by atoms with E-state index in [4.69, 9.17) is 15.6 Å². The molecule has 0 radical (unpaired) electrons. The molecule has 0 aromatic rings. The molecule has 0 rings (SSSR count). The molecule has 1 amide bonds. The van der Waals surface area contributed by atoms with E-state index in [9.17, 15) is 9.59 Å². The third-order valence-corrected chi connectivity index (χ3v) is 2.42. The minimum atomic E-state index is -1.02. The summed E-state index contributed by atoms with van der Waals surface area (Å²) in [6.45, 7) is 6.35. The third-order valence-electron chi connectivity index (χ3n) is 2.42. The van der Waals surface area contributed by atoms with Gasteiger partial charge >= 0.3 is 5.97 Å². The lowest BCUT2D eigenvalue weighted by Gasteiger charge is -2.19. The largest absolute Gasteiger partial charge is 0.480 e. The Morgan fingerprint density at radius 1 is 1.39 bits per heavy atom. The second-order valence-corrected chi connectivity index (χ2v) is 4.61. The number of carbonyl (C=O) groups excluding carboxylic acids is 1. The number of amides is 1. The first-order valence-corrected chi connectivity index (χ1v) is 6.24. The van der Waals surface area contributed by atoms with Gasteiger partial charge in [0, 0.05) is 13.2 Å². The van der Waals surface area contributed by atoms with Gasteiger partial charge in [-0.3, -0.25) is 4.79 Å². The Bertz CT molecular complexity index is 269. The molecule has 2 atom stereocenters. The van der Waals surface area contributed by atoms with Crippen molar-refractivity contribution < 1.29 is 19.4 Å². The topological polar surface area (TPSA) is 102 Å². The second-order valence-electron chi connectivity index (χ2n) is 4.61. The van der Waals surface area contributed by atoms with Crippen molar-refractivity contribution in [1.82, 2.24) is 5.32 Å². The van der Waals surface area contributed by atoms with E-state index in [2.05, 4.69) is 5.32 Å². The number of ether oxygens (including phenoxy) is 1. The Morgan fingerprint density at radius 3 is 2.39 bits per heavy atom. The molecule has 0 aliphatic rings. The number of nitrogens with one attached hydrogen (secondary N) is 1. The van der Waals surface area contributed by atoms with Crippen molar-refractivity contribution in [2.45, 2.75) is 45.8 Å². The Labute approximate surface area is 108 Å². The van der Waals surface area contributed by atoms with Crippen molar-refractivity contribution in [2.24, 2.45) is 11.7 Å². The highest BCUT2D eigenvalue weighted by Gasteiger charge is 2.22. The molecular weight excluding hydrogens is 236 g/mol. The zero-order chi connectivity index (χ0) is 14.1. The van der Waals surface area contributed by atoms with Crippen LogP contribution in [0.15, 0.2) is 0 Å². The molecule has 0 aromatic carbocycles. The summed E-state index contributed by atoms with van der Waals surface area (Å²) in [6.07, 6.45) is 0.137. The number of hydrogen-bond acceptors (Lipinski definition) is 4. The number of rotatable bonds is 9. The molecule has 0 aromatic heterocycles. The van der Waals surface area contributed by atoms with Crippen LogP contribution >= 0.6 is 0 Å². The predicted octanol–water partition coefficient (Wildman–Crippen LogP) is 0.356. The molecule has 0 fully saturated rings. The quantitative estimate of drug-likeness (QED) is 0.555. The summed E-state index contributed by atoms with van der Waals surface area (Å²) in [5.74, 6) is -1.16. The van der Waals surface area contributed by atoms with Gasteiger partial charge in [0.05, 0.1) is 12.5 Å². The molecule has 0 aliphatic carbocycles. The average molecular weight is 260 g/mol. The van der Waals surface area contributed by atoms with E-state index >= 15 is 0 Å². The zero-order valence-corrected chi connectivity index (χ0v) is 11.3. The molecule has 6 heteroatoms. The maximum absolute atomic E-state index is 11.7. The van der Waals surface area contributed by atoms with Gasteiger partial charge in [-0.25, -0.2) is 4.79 Å². The van der Waals surface area contributed by atoms with Crippen LogP contribution in [0, 0.1) is 5.92 Å². The van der Waals surface area contributed by atoms with Crippen LogP contribution in [0.25, 0.3) is 0 Å². The van der Waals surface area contributed by atoms with Crippen LogP contribution in [-0.2, 0) is 14.3 Å². The predicted molar refractivity (Wildman–Crippen MR) is 68.1 cm³/mol. The summed E-state index contributed by atoms with van der Waals surface area (Å²) in [7, 11) is 0. The van der Waals surface area contributed by atoms with E-state index in [1.165, 1.54) is 0 Å². The van der Waals surface area contributed by atoms with Gasteiger partial charge in [-0.05, 0) is 19.3 Å². The highest BCUT2D eigenvalue weighted by molar-refractivity contribution is 5.83. The number of carboxylic acids is 1. The maximum Gasteiger partial charge on any atom is 0.326 e. The highest BCUT2D eigenvalue weighted by Crippen LogP contribution is 2.06. The first-order chi connectivity index (χ1) is 8.40. The van der Waals surface area contributed by atoms with Gasteiger partial charge in [-0.15, -0.1) is 0 Å². The molecule has 0 saturated carbocycles. The Kier molecular flexibility index (Phi) is 8.32. The standard InChI is InChI=1S/C12H24N2O4/c1-4-18-9(7-13)6-11(15)14-10(12(16)17)5-8(2)3/h8-10H,4-7,13H2,1-3H3,(H,14,15)(H,16,17)/t9?,10-/m1/s1. The molecule has 0 spiro atoms. The maximum atomic E-state index is 11.7. The molecule has 6 nitrogen and oxygen atoms in total. The van der Waals surface area contributed by atoms with Gasteiger partial charge in [0.25, 0.3) is 0 Å². The smallest absolute Gasteiger partial charge is 0.326 e. The number of hydrogen-bond donors (Lipinski definition) is 3. The molecule has 0 saturated heterocycles. The monoisotopic (exact) mass is 260 g/mol. The molecule has 0 bridgehead atoms. The van der Waals surface area contributed by atoms with Crippen LogP contribution in [-0.4, -0.2) is 42.3 Å². The van der Waals surface area contributed by atoms with E-state index in [-0.39, 0.29) is 30.9 Å². The fourth-order valence-corrected chi connectivity index (χ4v) is 1.60. The Hall–Kier alpha value is -1.14. The van der Waals surface area contributed by atoms with E-state index in [1.54, 1.807) is 0 Å². The van der Waals surface area contributed by atoms with Gasteiger partial charge < -0.3 is 20.9 Å². The van der Waals surface area contributed by atoms with Crippen molar-refractivity contribution in [3.63, 3.8) is 0 Å². The van der Waals surface area contributed by atoms with Gasteiger partial charge in [-0.1, -0.05) is 13.8 Å². The lowest BCUT2D eigenvalue weighted by Crippen LogP contribution is -2.43. The summed E-state index contributed by atoms with van der Waals surface area (Å²) < 4.78 is 5.25. The minimum absolute atomic E-state index is 0.0895. The second kappa shape index (κ2) is 8.88. The summed E-state index contributed by atoms with van der Waals surface area (Å²) in [5, 5.41) is 11.5. The van der Waals surface area contributed by atoms with E-state index in [1.807, 2.05) is 20.8 Å². The third kappa shape index (κ3) is 7.24. The van der Waals surface area contributed by atoms with Crippen LogP contribution in [0.1, 0.15) is 33.6 Å². The SMILES string of the molecule is CCOC(CN)CC(=O)N[C@H](CC(C)C)C(=O)O. The Morgan fingerprint density at radius 2 is 2.00 bits per heavy atom. The summed E-state index contributed by atoms with van der Waals surface area (Å²) in [4.78, 5) is 22.7. The average Bonchev–Trinajstić information content (AvgIpc) is 2.26. The number of aliphatic carboxylic acids is 1. The van der Waals surface area contributed by atoms with Crippen LogP contribution in [0.3, 0.4) is 0 Å².